The van der Waals surface area contributed by atoms with Crippen molar-refractivity contribution in [2.24, 2.45) is 0 Å². The summed E-state index contributed by atoms with van der Waals surface area (Å²) in [5.41, 5.74) is 0.511. The molecule has 1 aliphatic heterocycles. The molecular weight excluding hydrogens is 229 g/mol. The molecule has 17 heavy (non-hydrogen) atoms. The largest absolute Gasteiger partial charge is 0.433 e. The zero-order chi connectivity index (χ0) is 12.5. The van der Waals surface area contributed by atoms with E-state index >= 15 is 0 Å². The molecule has 5 heteroatoms. The molecule has 0 fully saturated rings. The molecule has 1 aliphatic rings. The SMILES string of the molecule is CN1CC=C(c2cccc(C(F)(F)F)n2)CC1. The highest BCUT2D eigenvalue weighted by molar-refractivity contribution is 5.63. The number of pyridine rings is 1. The van der Waals surface area contributed by atoms with E-state index in [4.69, 9.17) is 0 Å². The molecule has 0 saturated heterocycles. The average molecular weight is 242 g/mol. The van der Waals surface area contributed by atoms with Gasteiger partial charge in [-0.05, 0) is 31.2 Å². The van der Waals surface area contributed by atoms with Crippen molar-refractivity contribution < 1.29 is 13.2 Å². The molecule has 0 radical (unpaired) electrons. The molecule has 0 atom stereocenters. The number of aromatic nitrogens is 1. The van der Waals surface area contributed by atoms with E-state index in [0.717, 1.165) is 31.1 Å². The summed E-state index contributed by atoms with van der Waals surface area (Å²) >= 11 is 0. The predicted molar refractivity (Wildman–Crippen MR) is 59.3 cm³/mol. The molecule has 0 bridgehead atoms. The number of likely N-dealkylation sites (N-methyl/N-ethyl adjacent to an activating group) is 1. The predicted octanol–water partition coefficient (Wildman–Crippen LogP) is 2.82. The van der Waals surface area contributed by atoms with E-state index in [-0.39, 0.29) is 0 Å². The van der Waals surface area contributed by atoms with Crippen LogP contribution >= 0.6 is 0 Å². The van der Waals surface area contributed by atoms with Crippen molar-refractivity contribution in [3.63, 3.8) is 0 Å². The minimum Gasteiger partial charge on any atom is -0.302 e. The van der Waals surface area contributed by atoms with Gasteiger partial charge in [-0.25, -0.2) is 4.98 Å². The van der Waals surface area contributed by atoms with Crippen LogP contribution in [0, 0.1) is 0 Å². The second-order valence-corrected chi connectivity index (χ2v) is 4.15. The average Bonchev–Trinajstić information content (AvgIpc) is 2.29. The van der Waals surface area contributed by atoms with Crippen molar-refractivity contribution in [2.45, 2.75) is 12.6 Å². The Morgan fingerprint density at radius 3 is 2.65 bits per heavy atom. The van der Waals surface area contributed by atoms with Crippen molar-refractivity contribution in [1.29, 1.82) is 0 Å². The second-order valence-electron chi connectivity index (χ2n) is 4.15. The van der Waals surface area contributed by atoms with Gasteiger partial charge in [0.15, 0.2) is 0 Å². The molecule has 2 heterocycles. The third-order valence-corrected chi connectivity index (χ3v) is 2.78. The Labute approximate surface area is 97.8 Å². The molecule has 2 rings (SSSR count). The highest BCUT2D eigenvalue weighted by Crippen LogP contribution is 2.29. The standard InChI is InChI=1S/C12H13F3N2/c1-17-7-5-9(6-8-17)10-3-2-4-11(16-10)12(13,14)15/h2-5H,6-8H2,1H3. The van der Waals surface area contributed by atoms with Crippen LogP contribution < -0.4 is 0 Å². The first kappa shape index (κ1) is 12.1. The Balaban J connectivity index is 2.28. The summed E-state index contributed by atoms with van der Waals surface area (Å²) in [6.45, 7) is 1.61. The van der Waals surface area contributed by atoms with Gasteiger partial charge in [-0.2, -0.15) is 13.2 Å². The van der Waals surface area contributed by atoms with Gasteiger partial charge >= 0.3 is 6.18 Å². The first-order chi connectivity index (χ1) is 7.97. The van der Waals surface area contributed by atoms with Crippen molar-refractivity contribution in [1.82, 2.24) is 9.88 Å². The maximum Gasteiger partial charge on any atom is 0.433 e. The first-order valence-corrected chi connectivity index (χ1v) is 5.39. The summed E-state index contributed by atoms with van der Waals surface area (Å²) in [5, 5.41) is 0. The molecular formula is C12H13F3N2. The van der Waals surface area contributed by atoms with E-state index in [9.17, 15) is 13.2 Å². The van der Waals surface area contributed by atoms with Crippen molar-refractivity contribution in [2.75, 3.05) is 20.1 Å². The molecule has 0 aliphatic carbocycles. The van der Waals surface area contributed by atoms with Crippen LogP contribution in [0.15, 0.2) is 24.3 Å². The van der Waals surface area contributed by atoms with E-state index in [2.05, 4.69) is 9.88 Å². The van der Waals surface area contributed by atoms with E-state index in [0.29, 0.717) is 5.69 Å². The summed E-state index contributed by atoms with van der Waals surface area (Å²) in [5.74, 6) is 0. The van der Waals surface area contributed by atoms with Gasteiger partial charge in [-0.3, -0.25) is 0 Å². The Bertz CT molecular complexity index is 438. The normalized spacial score (nSPS) is 18.0. The fourth-order valence-electron chi connectivity index (χ4n) is 1.77. The van der Waals surface area contributed by atoms with Crippen molar-refractivity contribution in [3.8, 4) is 0 Å². The van der Waals surface area contributed by atoms with Crippen LogP contribution in [-0.4, -0.2) is 30.0 Å². The van der Waals surface area contributed by atoms with Gasteiger partial charge in [0.2, 0.25) is 0 Å². The van der Waals surface area contributed by atoms with Gasteiger partial charge in [0.05, 0.1) is 5.69 Å². The number of hydrogen-bond donors (Lipinski definition) is 0. The molecule has 1 aromatic rings. The molecule has 0 saturated carbocycles. The van der Waals surface area contributed by atoms with E-state index < -0.39 is 11.9 Å². The lowest BCUT2D eigenvalue weighted by Gasteiger charge is -2.21. The highest BCUT2D eigenvalue weighted by Gasteiger charge is 2.32. The van der Waals surface area contributed by atoms with Gasteiger partial charge < -0.3 is 4.90 Å². The van der Waals surface area contributed by atoms with Crippen LogP contribution in [0.3, 0.4) is 0 Å². The van der Waals surface area contributed by atoms with E-state index in [1.807, 2.05) is 13.1 Å². The summed E-state index contributed by atoms with van der Waals surface area (Å²) in [7, 11) is 1.98. The number of alkyl halides is 3. The molecule has 1 aromatic heterocycles. The topological polar surface area (TPSA) is 16.1 Å². The van der Waals surface area contributed by atoms with Gasteiger partial charge in [-0.15, -0.1) is 0 Å². The summed E-state index contributed by atoms with van der Waals surface area (Å²) in [6, 6.07) is 4.04. The molecule has 2 nitrogen and oxygen atoms in total. The zero-order valence-corrected chi connectivity index (χ0v) is 9.46. The Morgan fingerprint density at radius 1 is 1.29 bits per heavy atom. The second kappa shape index (κ2) is 4.49. The minimum absolute atomic E-state index is 0.438. The molecule has 0 aromatic carbocycles. The summed E-state index contributed by atoms with van der Waals surface area (Å²) in [6.07, 6.45) is -1.70. The van der Waals surface area contributed by atoms with Gasteiger partial charge in [0.1, 0.15) is 5.69 Å². The van der Waals surface area contributed by atoms with Crippen LogP contribution in [0.1, 0.15) is 17.8 Å². The quantitative estimate of drug-likeness (QED) is 0.752. The molecule has 0 amide bonds. The van der Waals surface area contributed by atoms with Crippen LogP contribution in [0.5, 0.6) is 0 Å². The fourth-order valence-corrected chi connectivity index (χ4v) is 1.77. The first-order valence-electron chi connectivity index (χ1n) is 5.39. The number of halogens is 3. The van der Waals surface area contributed by atoms with Crippen LogP contribution in [0.4, 0.5) is 13.2 Å². The number of hydrogen-bond acceptors (Lipinski definition) is 2. The third-order valence-electron chi connectivity index (χ3n) is 2.78. The smallest absolute Gasteiger partial charge is 0.302 e. The van der Waals surface area contributed by atoms with Crippen molar-refractivity contribution >= 4 is 5.57 Å². The maximum absolute atomic E-state index is 12.5. The highest BCUT2D eigenvalue weighted by atomic mass is 19.4. The lowest BCUT2D eigenvalue weighted by molar-refractivity contribution is -0.141. The fraction of sp³-hybridized carbons (Fsp3) is 0.417. The summed E-state index contributed by atoms with van der Waals surface area (Å²) < 4.78 is 37.5. The molecule has 0 unspecified atom stereocenters. The minimum atomic E-state index is -4.37. The lowest BCUT2D eigenvalue weighted by Crippen LogP contribution is -2.24. The third kappa shape index (κ3) is 2.85. The van der Waals surface area contributed by atoms with Crippen LogP contribution in [0.2, 0.25) is 0 Å². The zero-order valence-electron chi connectivity index (χ0n) is 9.46. The van der Waals surface area contributed by atoms with Gasteiger partial charge in [0.25, 0.3) is 0 Å². The Morgan fingerprint density at radius 2 is 2.06 bits per heavy atom. The molecule has 0 spiro atoms. The number of rotatable bonds is 1. The monoisotopic (exact) mass is 242 g/mol. The maximum atomic E-state index is 12.5. The van der Waals surface area contributed by atoms with Crippen molar-refractivity contribution in [3.05, 3.63) is 35.7 Å². The molecule has 92 valence electrons. The molecule has 0 N–H and O–H groups in total. The van der Waals surface area contributed by atoms with E-state index in [1.54, 1.807) is 6.07 Å². The Hall–Kier alpha value is -1.36. The summed E-state index contributed by atoms with van der Waals surface area (Å²) in [4.78, 5) is 5.79. The Kier molecular flexibility index (Phi) is 3.19. The van der Waals surface area contributed by atoms with E-state index in [1.165, 1.54) is 6.07 Å². The van der Waals surface area contributed by atoms with Gasteiger partial charge in [0, 0.05) is 13.1 Å². The van der Waals surface area contributed by atoms with Gasteiger partial charge in [-0.1, -0.05) is 12.1 Å². The lowest BCUT2D eigenvalue weighted by atomic mass is 10.0. The van der Waals surface area contributed by atoms with Crippen LogP contribution in [-0.2, 0) is 6.18 Å². The number of nitrogens with zero attached hydrogens (tertiary/aromatic N) is 2. The van der Waals surface area contributed by atoms with Crippen LogP contribution in [0.25, 0.3) is 5.57 Å².